The van der Waals surface area contributed by atoms with E-state index in [0.717, 1.165) is 0 Å². The Labute approximate surface area is 179 Å². The Balaban J connectivity index is 1.35. The summed E-state index contributed by atoms with van der Waals surface area (Å²) in [6, 6.07) is 13.2. The molecule has 1 fully saturated rings. The van der Waals surface area contributed by atoms with Crippen LogP contribution in [0.4, 0.5) is 10.2 Å². The number of carbonyl (C=O) groups is 2. The standard InChI is InChI=1S/C22H23FN6O2/c1-16-14-20(29(26-16)19-8-3-2-6-17(19)23)25-21(30)15-27-10-12-28(13-11-27)22(31)18-7-4-5-9-24-18/h2-9,14H,10-13,15H2,1H3,(H,25,30). The van der Waals surface area contributed by atoms with Crippen LogP contribution in [0.2, 0.25) is 0 Å². The maximum Gasteiger partial charge on any atom is 0.272 e. The number of aromatic nitrogens is 3. The number of piperazine rings is 1. The van der Waals surface area contributed by atoms with Gasteiger partial charge in [0.15, 0.2) is 0 Å². The van der Waals surface area contributed by atoms with Crippen molar-refractivity contribution in [2.45, 2.75) is 6.92 Å². The zero-order valence-electron chi connectivity index (χ0n) is 17.2. The monoisotopic (exact) mass is 422 g/mol. The van der Waals surface area contributed by atoms with Crippen LogP contribution in [-0.2, 0) is 4.79 Å². The summed E-state index contributed by atoms with van der Waals surface area (Å²) in [6.07, 6.45) is 1.60. The highest BCUT2D eigenvalue weighted by Gasteiger charge is 2.24. The molecule has 2 aromatic heterocycles. The number of benzene rings is 1. The number of carbonyl (C=O) groups excluding carboxylic acids is 2. The number of para-hydroxylation sites is 1. The van der Waals surface area contributed by atoms with Crippen LogP contribution in [0.15, 0.2) is 54.7 Å². The molecule has 0 atom stereocenters. The van der Waals surface area contributed by atoms with Crippen LogP contribution in [0.3, 0.4) is 0 Å². The first-order valence-electron chi connectivity index (χ1n) is 10.1. The Hall–Kier alpha value is -3.59. The molecular formula is C22H23FN6O2. The lowest BCUT2D eigenvalue weighted by Gasteiger charge is -2.34. The molecule has 2 amide bonds. The molecule has 3 heterocycles. The fourth-order valence-corrected chi connectivity index (χ4v) is 3.54. The largest absolute Gasteiger partial charge is 0.335 e. The van der Waals surface area contributed by atoms with E-state index < -0.39 is 5.82 Å². The molecule has 160 valence electrons. The Bertz CT molecular complexity index is 1080. The highest BCUT2D eigenvalue weighted by atomic mass is 19.1. The van der Waals surface area contributed by atoms with Crippen molar-refractivity contribution in [3.8, 4) is 5.69 Å². The summed E-state index contributed by atoms with van der Waals surface area (Å²) < 4.78 is 15.6. The topological polar surface area (TPSA) is 83.4 Å². The van der Waals surface area contributed by atoms with E-state index in [1.54, 1.807) is 60.5 Å². The predicted octanol–water partition coefficient (Wildman–Crippen LogP) is 2.11. The summed E-state index contributed by atoms with van der Waals surface area (Å²) in [5.74, 6) is -0.331. The van der Waals surface area contributed by atoms with Gasteiger partial charge in [0.05, 0.1) is 12.2 Å². The van der Waals surface area contributed by atoms with E-state index in [2.05, 4.69) is 15.4 Å². The fraction of sp³-hybridized carbons (Fsp3) is 0.273. The molecule has 0 spiro atoms. The third-order valence-electron chi connectivity index (χ3n) is 5.09. The third-order valence-corrected chi connectivity index (χ3v) is 5.09. The smallest absolute Gasteiger partial charge is 0.272 e. The second-order valence-corrected chi connectivity index (χ2v) is 7.37. The Morgan fingerprint density at radius 3 is 2.52 bits per heavy atom. The van der Waals surface area contributed by atoms with Gasteiger partial charge in [0.1, 0.15) is 23.0 Å². The van der Waals surface area contributed by atoms with Gasteiger partial charge in [-0.3, -0.25) is 19.5 Å². The Morgan fingerprint density at radius 2 is 1.81 bits per heavy atom. The first-order valence-corrected chi connectivity index (χ1v) is 10.1. The second-order valence-electron chi connectivity index (χ2n) is 7.37. The van der Waals surface area contributed by atoms with Crippen molar-refractivity contribution < 1.29 is 14.0 Å². The van der Waals surface area contributed by atoms with Crippen LogP contribution in [0.25, 0.3) is 5.69 Å². The normalized spacial score (nSPS) is 14.5. The van der Waals surface area contributed by atoms with Gasteiger partial charge < -0.3 is 10.2 Å². The molecule has 31 heavy (non-hydrogen) atoms. The van der Waals surface area contributed by atoms with Crippen molar-refractivity contribution in [3.63, 3.8) is 0 Å². The molecule has 1 saturated heterocycles. The van der Waals surface area contributed by atoms with Gasteiger partial charge in [-0.15, -0.1) is 0 Å². The number of halogens is 1. The molecule has 0 saturated carbocycles. The number of hydrogen-bond acceptors (Lipinski definition) is 5. The van der Waals surface area contributed by atoms with E-state index in [0.29, 0.717) is 43.4 Å². The quantitative estimate of drug-likeness (QED) is 0.681. The van der Waals surface area contributed by atoms with Crippen molar-refractivity contribution >= 4 is 17.6 Å². The number of aryl methyl sites for hydroxylation is 1. The van der Waals surface area contributed by atoms with E-state index in [1.165, 1.54) is 10.7 Å². The SMILES string of the molecule is Cc1cc(NC(=O)CN2CCN(C(=O)c3ccccn3)CC2)n(-c2ccccc2F)n1. The fourth-order valence-electron chi connectivity index (χ4n) is 3.54. The number of rotatable bonds is 5. The van der Waals surface area contributed by atoms with E-state index in [4.69, 9.17) is 0 Å². The lowest BCUT2D eigenvalue weighted by molar-refractivity contribution is -0.117. The molecule has 3 aromatic rings. The first kappa shape index (κ1) is 20.7. The van der Waals surface area contributed by atoms with Gasteiger partial charge in [0, 0.05) is 38.4 Å². The minimum absolute atomic E-state index is 0.103. The average Bonchev–Trinajstić information content (AvgIpc) is 3.14. The molecule has 1 aliphatic rings. The van der Waals surface area contributed by atoms with E-state index in [9.17, 15) is 14.0 Å². The average molecular weight is 422 g/mol. The van der Waals surface area contributed by atoms with Crippen LogP contribution in [0.1, 0.15) is 16.2 Å². The van der Waals surface area contributed by atoms with Crippen molar-refractivity contribution in [1.82, 2.24) is 24.6 Å². The molecule has 1 N–H and O–H groups in total. The maximum atomic E-state index is 14.2. The number of hydrogen-bond donors (Lipinski definition) is 1. The van der Waals surface area contributed by atoms with Crippen molar-refractivity contribution in [1.29, 1.82) is 0 Å². The van der Waals surface area contributed by atoms with E-state index >= 15 is 0 Å². The molecule has 8 nitrogen and oxygen atoms in total. The van der Waals surface area contributed by atoms with E-state index in [1.807, 2.05) is 4.90 Å². The number of anilines is 1. The van der Waals surface area contributed by atoms with Crippen LogP contribution >= 0.6 is 0 Å². The molecule has 0 radical (unpaired) electrons. The minimum atomic E-state index is -0.421. The Kier molecular flexibility index (Phi) is 6.03. The summed E-state index contributed by atoms with van der Waals surface area (Å²) >= 11 is 0. The van der Waals surface area contributed by atoms with Crippen LogP contribution in [0.5, 0.6) is 0 Å². The van der Waals surface area contributed by atoms with Crippen molar-refractivity contribution in [2.75, 3.05) is 38.0 Å². The first-order chi connectivity index (χ1) is 15.0. The number of amides is 2. The third kappa shape index (κ3) is 4.77. The number of nitrogens with zero attached hydrogens (tertiary/aromatic N) is 5. The zero-order chi connectivity index (χ0) is 21.8. The maximum absolute atomic E-state index is 14.2. The number of nitrogens with one attached hydrogen (secondary N) is 1. The van der Waals surface area contributed by atoms with Crippen LogP contribution < -0.4 is 5.32 Å². The summed E-state index contributed by atoms with van der Waals surface area (Å²) in [6.45, 7) is 4.16. The zero-order valence-corrected chi connectivity index (χ0v) is 17.2. The molecule has 9 heteroatoms. The van der Waals surface area contributed by atoms with Crippen LogP contribution in [0, 0.1) is 12.7 Å². The molecule has 1 aromatic carbocycles. The Morgan fingerprint density at radius 1 is 1.06 bits per heavy atom. The molecular weight excluding hydrogens is 399 g/mol. The van der Waals surface area contributed by atoms with Gasteiger partial charge >= 0.3 is 0 Å². The summed E-state index contributed by atoms with van der Waals surface area (Å²) in [5, 5.41) is 7.12. The van der Waals surface area contributed by atoms with E-state index in [-0.39, 0.29) is 24.0 Å². The molecule has 0 bridgehead atoms. The summed E-state index contributed by atoms with van der Waals surface area (Å²) in [7, 11) is 0. The molecule has 0 aliphatic carbocycles. The van der Waals surface area contributed by atoms with Gasteiger partial charge in [0.2, 0.25) is 5.91 Å². The lowest BCUT2D eigenvalue weighted by atomic mass is 10.2. The van der Waals surface area contributed by atoms with Crippen molar-refractivity contribution in [2.24, 2.45) is 0 Å². The number of pyridine rings is 1. The lowest BCUT2D eigenvalue weighted by Crippen LogP contribution is -2.50. The molecule has 1 aliphatic heterocycles. The molecule has 4 rings (SSSR count). The second kappa shape index (κ2) is 9.05. The van der Waals surface area contributed by atoms with Gasteiger partial charge in [-0.05, 0) is 31.2 Å². The molecule has 0 unspecified atom stereocenters. The minimum Gasteiger partial charge on any atom is -0.335 e. The summed E-state index contributed by atoms with van der Waals surface area (Å²) in [5.41, 5.74) is 1.36. The van der Waals surface area contributed by atoms with Gasteiger partial charge in [-0.25, -0.2) is 9.07 Å². The highest BCUT2D eigenvalue weighted by Crippen LogP contribution is 2.19. The van der Waals surface area contributed by atoms with Crippen LogP contribution in [-0.4, -0.2) is 69.1 Å². The predicted molar refractivity (Wildman–Crippen MR) is 113 cm³/mol. The van der Waals surface area contributed by atoms with Gasteiger partial charge in [-0.1, -0.05) is 18.2 Å². The van der Waals surface area contributed by atoms with Crippen molar-refractivity contribution in [3.05, 3.63) is 71.9 Å². The summed E-state index contributed by atoms with van der Waals surface area (Å²) in [4.78, 5) is 32.9. The van der Waals surface area contributed by atoms with Gasteiger partial charge in [-0.2, -0.15) is 5.10 Å². The highest BCUT2D eigenvalue weighted by molar-refractivity contribution is 5.93. The van der Waals surface area contributed by atoms with Gasteiger partial charge in [0.25, 0.3) is 5.91 Å².